The lowest BCUT2D eigenvalue weighted by Gasteiger charge is -2.31. The van der Waals surface area contributed by atoms with Crippen LogP contribution in [0.1, 0.15) is 23.2 Å². The van der Waals surface area contributed by atoms with Crippen LogP contribution in [0.3, 0.4) is 0 Å². The van der Waals surface area contributed by atoms with Gasteiger partial charge in [-0.15, -0.1) is 6.58 Å². The zero-order valence-electron chi connectivity index (χ0n) is 11.9. The lowest BCUT2D eigenvalue weighted by atomic mass is 9.97. The Hall–Kier alpha value is -1.75. The van der Waals surface area contributed by atoms with Gasteiger partial charge in [0.25, 0.3) is 5.91 Å². The van der Waals surface area contributed by atoms with Gasteiger partial charge in [0.05, 0.1) is 6.61 Å². The summed E-state index contributed by atoms with van der Waals surface area (Å²) in [6.45, 7) is 6.01. The van der Waals surface area contributed by atoms with E-state index >= 15 is 0 Å². The summed E-state index contributed by atoms with van der Waals surface area (Å²) in [4.78, 5) is 13.9. The summed E-state index contributed by atoms with van der Waals surface area (Å²) in [5.74, 6) is -1.75. The summed E-state index contributed by atoms with van der Waals surface area (Å²) in [6.07, 6.45) is 3.42. The first-order valence-electron chi connectivity index (χ1n) is 7.04. The number of hydrogen-bond donors (Lipinski definition) is 0. The molecule has 0 aliphatic carbocycles. The Morgan fingerprint density at radius 3 is 2.67 bits per heavy atom. The molecule has 0 bridgehead atoms. The minimum Gasteiger partial charge on any atom is -0.377 e. The van der Waals surface area contributed by atoms with Crippen LogP contribution in [0.15, 0.2) is 30.9 Å². The first-order chi connectivity index (χ1) is 10.1. The molecule has 3 nitrogen and oxygen atoms in total. The second kappa shape index (κ2) is 7.31. The number of likely N-dealkylation sites (tertiary alicyclic amines) is 1. The number of ether oxygens (including phenoxy) is 1. The van der Waals surface area contributed by atoms with Gasteiger partial charge in [0.15, 0.2) is 11.6 Å². The molecule has 5 heteroatoms. The van der Waals surface area contributed by atoms with Crippen LogP contribution in [0.2, 0.25) is 0 Å². The Balaban J connectivity index is 1.88. The van der Waals surface area contributed by atoms with Crippen molar-refractivity contribution in [3.8, 4) is 0 Å². The van der Waals surface area contributed by atoms with Crippen molar-refractivity contribution in [2.45, 2.75) is 12.8 Å². The first-order valence-corrected chi connectivity index (χ1v) is 7.04. The molecule has 0 unspecified atom stereocenters. The molecule has 1 amide bonds. The minimum absolute atomic E-state index is 0.190. The Kier molecular flexibility index (Phi) is 5.44. The Morgan fingerprint density at radius 1 is 1.33 bits per heavy atom. The number of piperidine rings is 1. The molecule has 0 saturated carbocycles. The van der Waals surface area contributed by atoms with Crippen molar-refractivity contribution >= 4 is 5.91 Å². The summed E-state index contributed by atoms with van der Waals surface area (Å²) in [6, 6.07) is 3.26. The van der Waals surface area contributed by atoms with E-state index in [1.165, 1.54) is 6.07 Å². The monoisotopic (exact) mass is 295 g/mol. The van der Waals surface area contributed by atoms with Crippen LogP contribution in [-0.4, -0.2) is 37.1 Å². The highest BCUT2D eigenvalue weighted by Gasteiger charge is 2.24. The third kappa shape index (κ3) is 4.11. The lowest BCUT2D eigenvalue weighted by molar-refractivity contribution is 0.0575. The van der Waals surface area contributed by atoms with E-state index in [1.807, 2.05) is 0 Å². The fraction of sp³-hybridized carbons (Fsp3) is 0.438. The average Bonchev–Trinajstić information content (AvgIpc) is 2.50. The maximum atomic E-state index is 13.2. The van der Waals surface area contributed by atoms with Crippen LogP contribution >= 0.6 is 0 Å². The second-order valence-corrected chi connectivity index (χ2v) is 5.19. The first kappa shape index (κ1) is 15.6. The number of rotatable bonds is 5. The summed E-state index contributed by atoms with van der Waals surface area (Å²) in [5.41, 5.74) is 0.190. The Labute approximate surface area is 123 Å². The maximum absolute atomic E-state index is 13.2. The molecular weight excluding hydrogens is 276 g/mol. The van der Waals surface area contributed by atoms with Crippen LogP contribution < -0.4 is 0 Å². The number of benzene rings is 1. The second-order valence-electron chi connectivity index (χ2n) is 5.19. The molecule has 1 saturated heterocycles. The van der Waals surface area contributed by atoms with Crippen molar-refractivity contribution in [3.05, 3.63) is 48.1 Å². The maximum Gasteiger partial charge on any atom is 0.253 e. The molecule has 1 heterocycles. The third-order valence-corrected chi connectivity index (χ3v) is 3.66. The molecule has 0 atom stereocenters. The highest BCUT2D eigenvalue weighted by Crippen LogP contribution is 2.20. The van der Waals surface area contributed by atoms with Gasteiger partial charge in [-0.2, -0.15) is 0 Å². The van der Waals surface area contributed by atoms with Gasteiger partial charge >= 0.3 is 0 Å². The normalized spacial score (nSPS) is 16.0. The average molecular weight is 295 g/mol. The largest absolute Gasteiger partial charge is 0.377 e. The Bertz CT molecular complexity index is 511. The van der Waals surface area contributed by atoms with E-state index in [-0.39, 0.29) is 11.5 Å². The number of carbonyl (C=O) groups is 1. The van der Waals surface area contributed by atoms with Crippen molar-refractivity contribution in [2.24, 2.45) is 5.92 Å². The summed E-state index contributed by atoms with van der Waals surface area (Å²) >= 11 is 0. The minimum atomic E-state index is -0.992. The molecule has 0 spiro atoms. The van der Waals surface area contributed by atoms with Crippen LogP contribution in [0, 0.1) is 17.6 Å². The smallest absolute Gasteiger partial charge is 0.253 e. The molecule has 1 fully saturated rings. The molecule has 1 aliphatic heterocycles. The highest BCUT2D eigenvalue weighted by molar-refractivity contribution is 5.94. The van der Waals surface area contributed by atoms with Gasteiger partial charge in [0.1, 0.15) is 0 Å². The van der Waals surface area contributed by atoms with Crippen molar-refractivity contribution in [2.75, 3.05) is 26.3 Å². The summed E-state index contributed by atoms with van der Waals surface area (Å²) < 4.78 is 31.5. The molecule has 1 aromatic carbocycles. The van der Waals surface area contributed by atoms with Gasteiger partial charge in [0.2, 0.25) is 0 Å². The van der Waals surface area contributed by atoms with Crippen LogP contribution in [0.4, 0.5) is 8.78 Å². The van der Waals surface area contributed by atoms with Gasteiger partial charge in [-0.1, -0.05) is 6.08 Å². The summed E-state index contributed by atoms with van der Waals surface area (Å²) in [5, 5.41) is 0. The predicted molar refractivity (Wildman–Crippen MR) is 76.0 cm³/mol. The van der Waals surface area contributed by atoms with Crippen molar-refractivity contribution in [3.63, 3.8) is 0 Å². The fourth-order valence-corrected chi connectivity index (χ4v) is 2.43. The number of hydrogen-bond acceptors (Lipinski definition) is 2. The number of carbonyl (C=O) groups excluding carboxylic acids is 1. The SMILES string of the molecule is C=CCOCC1CCN(C(=O)c2ccc(F)c(F)c2)CC1. The quantitative estimate of drug-likeness (QED) is 0.617. The van der Waals surface area contributed by atoms with Crippen molar-refractivity contribution < 1.29 is 18.3 Å². The molecule has 0 aromatic heterocycles. The van der Waals surface area contributed by atoms with E-state index in [2.05, 4.69) is 6.58 Å². The molecule has 21 heavy (non-hydrogen) atoms. The van der Waals surface area contributed by atoms with Crippen LogP contribution in [-0.2, 0) is 4.74 Å². The van der Waals surface area contributed by atoms with E-state index in [0.717, 1.165) is 25.0 Å². The zero-order valence-corrected chi connectivity index (χ0v) is 11.9. The fourth-order valence-electron chi connectivity index (χ4n) is 2.43. The molecule has 0 radical (unpaired) electrons. The molecule has 2 rings (SSSR count). The molecule has 1 aromatic rings. The van der Waals surface area contributed by atoms with E-state index in [1.54, 1.807) is 11.0 Å². The van der Waals surface area contributed by atoms with Crippen LogP contribution in [0.5, 0.6) is 0 Å². The number of nitrogens with zero attached hydrogens (tertiary/aromatic N) is 1. The molecule has 114 valence electrons. The van der Waals surface area contributed by atoms with Gasteiger partial charge in [-0.05, 0) is 37.0 Å². The lowest BCUT2D eigenvalue weighted by Crippen LogP contribution is -2.39. The topological polar surface area (TPSA) is 29.5 Å². The zero-order chi connectivity index (χ0) is 15.2. The molecular formula is C16H19F2NO2. The van der Waals surface area contributed by atoms with Gasteiger partial charge in [-0.25, -0.2) is 8.78 Å². The number of amides is 1. The van der Waals surface area contributed by atoms with Gasteiger partial charge in [-0.3, -0.25) is 4.79 Å². The van der Waals surface area contributed by atoms with Crippen molar-refractivity contribution in [1.82, 2.24) is 4.90 Å². The van der Waals surface area contributed by atoms with Crippen LogP contribution in [0.25, 0.3) is 0 Å². The third-order valence-electron chi connectivity index (χ3n) is 3.66. The van der Waals surface area contributed by atoms with Gasteiger partial charge < -0.3 is 9.64 Å². The Morgan fingerprint density at radius 2 is 2.05 bits per heavy atom. The summed E-state index contributed by atoms with van der Waals surface area (Å²) in [7, 11) is 0. The van der Waals surface area contributed by atoms with Crippen molar-refractivity contribution in [1.29, 1.82) is 0 Å². The number of halogens is 2. The molecule has 0 N–H and O–H groups in total. The van der Waals surface area contributed by atoms with E-state index in [4.69, 9.17) is 4.74 Å². The van der Waals surface area contributed by atoms with Gasteiger partial charge in [0, 0.05) is 25.3 Å². The van der Waals surface area contributed by atoms with E-state index in [0.29, 0.717) is 32.2 Å². The standard InChI is InChI=1S/C16H19F2NO2/c1-2-9-21-11-12-5-7-19(8-6-12)16(20)13-3-4-14(17)15(18)10-13/h2-4,10,12H,1,5-9,11H2. The highest BCUT2D eigenvalue weighted by atomic mass is 19.2. The predicted octanol–water partition coefficient (Wildman–Crippen LogP) is 3.02. The van der Waals surface area contributed by atoms with E-state index < -0.39 is 11.6 Å². The molecule has 1 aliphatic rings. The van der Waals surface area contributed by atoms with E-state index in [9.17, 15) is 13.6 Å².